The van der Waals surface area contributed by atoms with E-state index in [0.717, 1.165) is 54.1 Å². The Morgan fingerprint density at radius 1 is 0.546 bits per heavy atom. The average Bonchev–Trinajstić information content (AvgIpc) is 1.56. The van der Waals surface area contributed by atoms with Crippen LogP contribution in [0.2, 0.25) is 10.1 Å². The molecule has 0 amide bonds. The molecule has 6 fully saturated rings. The zero-order chi connectivity index (χ0) is 84.3. The first-order chi connectivity index (χ1) is 57.3. The fraction of sp³-hybridized carbons (Fsp3) is 0.462. The highest BCUT2D eigenvalue weighted by molar-refractivity contribution is 7.00. The van der Waals surface area contributed by atoms with Gasteiger partial charge in [-0.1, -0.05) is 181 Å². The van der Waals surface area contributed by atoms with Crippen molar-refractivity contribution in [2.24, 2.45) is 0 Å². The Bertz CT molecular complexity index is 4980. The third kappa shape index (κ3) is 14.2. The molecule has 26 heteroatoms. The second-order valence-corrected chi connectivity index (χ2v) is 43.0. The number of piperazine rings is 2. The molecule has 119 heavy (non-hydrogen) atoms. The lowest BCUT2D eigenvalue weighted by molar-refractivity contribution is -0.151. The first-order valence-corrected chi connectivity index (χ1v) is 44.8. The van der Waals surface area contributed by atoms with Crippen LogP contribution >= 0.6 is 0 Å². The third-order valence-electron chi connectivity index (χ3n) is 26.0. The van der Waals surface area contributed by atoms with Gasteiger partial charge < -0.3 is 81.2 Å². The van der Waals surface area contributed by atoms with Crippen molar-refractivity contribution in [2.75, 3.05) is 102 Å². The minimum Gasteiger partial charge on any atom is -0.493 e. The topological polar surface area (TPSA) is 273 Å². The number of ether oxygens (including phenoxy) is 12. The van der Waals surface area contributed by atoms with Gasteiger partial charge in [-0.05, 0) is 93.6 Å². The molecule has 0 saturated carbocycles. The van der Waals surface area contributed by atoms with Crippen molar-refractivity contribution in [3.05, 3.63) is 225 Å². The molecule has 4 unspecified atom stereocenters. The number of carbonyl (C=O) groups is 2. The Morgan fingerprint density at radius 2 is 0.950 bits per heavy atom. The van der Waals surface area contributed by atoms with Crippen LogP contribution in [0.15, 0.2) is 191 Å². The molecule has 6 aromatic rings. The van der Waals surface area contributed by atoms with Gasteiger partial charge in [-0.25, -0.2) is 0 Å². The van der Waals surface area contributed by atoms with Crippen molar-refractivity contribution in [3.63, 3.8) is 0 Å². The Morgan fingerprint density at radius 3 is 1.35 bits per heavy atom. The number of rotatable bonds is 26. The molecule has 8 heterocycles. The van der Waals surface area contributed by atoms with E-state index in [2.05, 4.69) is 141 Å². The van der Waals surface area contributed by atoms with E-state index in [1.165, 1.54) is 0 Å². The Kier molecular flexibility index (Phi) is 24.2. The molecule has 2 aliphatic carbocycles. The van der Waals surface area contributed by atoms with Gasteiger partial charge in [0.25, 0.3) is 16.6 Å². The van der Waals surface area contributed by atoms with Crippen LogP contribution in [0, 0.1) is 36.5 Å². The normalized spacial score (nSPS) is 26.2. The number of nitriles is 2. The second kappa shape index (κ2) is 34.0. The maximum absolute atomic E-state index is 14.9. The molecule has 10 aliphatic rings. The van der Waals surface area contributed by atoms with Crippen molar-refractivity contribution in [1.29, 1.82) is 10.5 Å². The van der Waals surface area contributed by atoms with Gasteiger partial charge >= 0.3 is 0 Å². The van der Waals surface area contributed by atoms with Crippen LogP contribution in [0.4, 0.5) is 0 Å². The molecular weight excluding hydrogens is 1550 g/mol. The van der Waals surface area contributed by atoms with Crippen LogP contribution in [0.1, 0.15) is 114 Å². The van der Waals surface area contributed by atoms with Gasteiger partial charge in [0.1, 0.15) is 12.1 Å². The minimum atomic E-state index is -3.20. The number of carbonyl (C=O) groups excluding carboxylic acids is 2. The second-order valence-electron chi connectivity index (χ2n) is 34.4. The maximum Gasteiger partial charge on any atom is 0.261 e. The number of benzene rings is 6. The number of hydrogen-bond donors (Lipinski definition) is 3. The van der Waals surface area contributed by atoms with Crippen LogP contribution in [-0.2, 0) is 69.2 Å². The average molecular weight is 1660 g/mol. The standard InChI is InChI=1S/C48H57N3O9Si.C45H53N3O9Si/c1-9-20-50-35-24-32-23-30(2)42(55-8)44(57-28-56-22-21-54-7)39(32)41(50)36-25-48(53)40(45-43(58-29-59-45)31(3)46(48)52)38(51(36)37(35)26-49)27-60-61(47(4,5)6,33-16-12-10-13-17-33)34-18-14-11-15-19-34;1-27-20-29-21-32-34(23-46)48-33(38(47-32)36(29)41(39(27)52-7)54-25-53-19-18-51-6)22-45(50)37(42-40(55-26-56-42)28(2)43(45)49)35(48)24-57-58(44(3,4)5,30-14-10-8-11-15-30)31-16-12-9-13-17-31/h9-19,23,35-38,41,53H,1,20-22,24-25,27-29H2,2-8H3;8-17,20,32-35,38,47,50H,18-19,21-22,24-26H2,1-7H3/t35-,36?,37-,38-,41-,48?;32-,33?,34-,35-,38-,45?/m00/s1. The predicted molar refractivity (Wildman–Crippen MR) is 450 cm³/mol. The summed E-state index contributed by atoms with van der Waals surface area (Å²) in [6, 6.07) is 45.4. The van der Waals surface area contributed by atoms with Crippen LogP contribution in [-0.4, -0.2) is 214 Å². The van der Waals surface area contributed by atoms with E-state index >= 15 is 0 Å². The van der Waals surface area contributed by atoms with Crippen molar-refractivity contribution in [3.8, 4) is 35.1 Å². The number of Topliss-reactive ketones (excluding diaryl/α,β-unsaturated/α-hetero) is 2. The van der Waals surface area contributed by atoms with Crippen LogP contribution in [0.5, 0.6) is 23.0 Å². The Labute approximate surface area is 699 Å². The predicted octanol–water partition coefficient (Wildman–Crippen LogP) is 9.56. The monoisotopic (exact) mass is 1650 g/mol. The molecule has 0 radical (unpaired) electrons. The number of hydrogen-bond acceptors (Lipinski definition) is 24. The molecule has 628 valence electrons. The van der Waals surface area contributed by atoms with E-state index in [1.807, 2.05) is 92.7 Å². The number of aryl methyl sites for hydroxylation is 2. The van der Waals surface area contributed by atoms with Gasteiger partial charge in [-0.15, -0.1) is 6.58 Å². The number of nitrogens with one attached hydrogen (secondary N) is 1. The highest BCUT2D eigenvalue weighted by Crippen LogP contribution is 2.60. The molecule has 6 saturated heterocycles. The lowest BCUT2D eigenvalue weighted by Crippen LogP contribution is -2.75. The molecule has 0 aromatic heterocycles. The fourth-order valence-electron chi connectivity index (χ4n) is 21.2. The van der Waals surface area contributed by atoms with Gasteiger partial charge in [-0.3, -0.25) is 24.3 Å². The van der Waals surface area contributed by atoms with Crippen molar-refractivity contribution >= 4 is 48.9 Å². The zero-order valence-corrected chi connectivity index (χ0v) is 72.5. The van der Waals surface area contributed by atoms with Crippen molar-refractivity contribution in [1.82, 2.24) is 20.0 Å². The summed E-state index contributed by atoms with van der Waals surface area (Å²) in [4.78, 5) is 36.2. The van der Waals surface area contributed by atoms with Gasteiger partial charge in [0.05, 0.1) is 90.2 Å². The summed E-state index contributed by atoms with van der Waals surface area (Å²) in [6.07, 6.45) is 2.85. The van der Waals surface area contributed by atoms with E-state index in [-0.39, 0.29) is 75.4 Å². The molecule has 12 atom stereocenters. The summed E-state index contributed by atoms with van der Waals surface area (Å²) < 4.78 is 86.7. The van der Waals surface area contributed by atoms with Crippen LogP contribution < -0.4 is 45.0 Å². The number of methoxy groups -OCH3 is 4. The van der Waals surface area contributed by atoms with Gasteiger partial charge in [0.2, 0.25) is 13.6 Å². The van der Waals surface area contributed by atoms with Crippen molar-refractivity contribution in [2.45, 2.75) is 177 Å². The lowest BCUT2D eigenvalue weighted by Gasteiger charge is -2.63. The summed E-state index contributed by atoms with van der Waals surface area (Å²) in [6.45, 7) is 26.5. The third-order valence-corrected chi connectivity index (χ3v) is 36.0. The summed E-state index contributed by atoms with van der Waals surface area (Å²) in [5.74, 6) is 2.65. The van der Waals surface area contributed by atoms with E-state index in [1.54, 1.807) is 42.3 Å². The van der Waals surface area contributed by atoms with E-state index in [0.29, 0.717) is 114 Å². The largest absolute Gasteiger partial charge is 0.493 e. The number of aliphatic hydroxyl groups is 2. The Hall–Kier alpha value is -9.31. The van der Waals surface area contributed by atoms with E-state index in [9.17, 15) is 30.3 Å². The zero-order valence-electron chi connectivity index (χ0n) is 70.5. The molecular formula is C93H110N6O18Si2. The molecule has 0 spiro atoms. The minimum absolute atomic E-state index is 0.0175. The Balaban J connectivity index is 0.000000186. The smallest absolute Gasteiger partial charge is 0.261 e. The maximum atomic E-state index is 14.9. The first-order valence-electron chi connectivity index (χ1n) is 41.0. The van der Waals surface area contributed by atoms with E-state index in [4.69, 9.17) is 65.7 Å². The molecule has 3 N–H and O–H groups in total. The van der Waals surface area contributed by atoms with Crippen LogP contribution in [0.3, 0.4) is 0 Å². The molecule has 8 aliphatic heterocycles. The molecule has 24 nitrogen and oxygen atoms in total. The van der Waals surface area contributed by atoms with Crippen LogP contribution in [0.25, 0.3) is 0 Å². The molecule has 6 aromatic carbocycles. The number of piperidine rings is 2. The molecule has 4 bridgehead atoms. The molecule has 16 rings (SSSR count). The summed E-state index contributed by atoms with van der Waals surface area (Å²) in [5, 5.41) is 56.5. The van der Waals surface area contributed by atoms with Crippen molar-refractivity contribution < 1.29 is 85.5 Å². The SMILES string of the molecule is C=CCN1[C@@H]2c3c(cc(C)c(OC)c3OCOCCOC)C[C@H]1[C@H](C#N)N1C2CC2(O)C(=O)C(C)=C3OCOC3=C2[C@@H]1CO[Si](c1ccccc1)(c1ccccc1)C(C)(C)C.COCCOCOc1c(OC)c(C)cc2c1[C@H]1N[C@@H](C2)[C@H](C#N)N2C1CC1(O)C(=O)C(C)=C3OCOC3=C1[C@@H]2CO[Si](c1ccccc1)(c1ccccc1)C(C)(C)C. The number of ketones is 2. The van der Waals surface area contributed by atoms with Gasteiger partial charge in [0, 0.05) is 91.2 Å². The van der Waals surface area contributed by atoms with Gasteiger partial charge in [-0.2, -0.15) is 10.5 Å². The highest BCUT2D eigenvalue weighted by Gasteiger charge is 2.68. The summed E-state index contributed by atoms with van der Waals surface area (Å²) in [7, 11) is 0.105. The van der Waals surface area contributed by atoms with Gasteiger partial charge in [0.15, 0.2) is 82.4 Å². The number of fused-ring (bicyclic) bond motifs is 16. The van der Waals surface area contributed by atoms with E-state index < -0.39 is 87.7 Å². The first kappa shape index (κ1) is 84.7. The highest BCUT2D eigenvalue weighted by atomic mass is 28.4. The quantitative estimate of drug-likeness (QED) is 0.0197. The summed E-state index contributed by atoms with van der Waals surface area (Å²) >= 11 is 0. The summed E-state index contributed by atoms with van der Waals surface area (Å²) in [5.41, 5.74) is 2.87. The number of nitrogens with zero attached hydrogens (tertiary/aromatic N) is 5. The fourth-order valence-corrected chi connectivity index (χ4v) is 30.3. The lowest BCUT2D eigenvalue weighted by atomic mass is 9.64.